The van der Waals surface area contributed by atoms with Crippen LogP contribution < -0.4 is 5.32 Å². The maximum atomic E-state index is 4.26. The fraction of sp³-hybridized carbons (Fsp3) is 0.235. The molecule has 2 heterocycles. The molecule has 2 aromatic heterocycles. The van der Waals surface area contributed by atoms with Crippen molar-refractivity contribution in [3.05, 3.63) is 53.7 Å². The minimum absolute atomic E-state index is 0.409. The smallest absolute Gasteiger partial charge is 0.0386 e. The monoisotopic (exact) mass is 282 g/mol. The van der Waals surface area contributed by atoms with E-state index in [0.29, 0.717) is 6.04 Å². The molecular weight excluding hydrogens is 264 g/mol. The summed E-state index contributed by atoms with van der Waals surface area (Å²) in [6.45, 7) is 5.34. The fourth-order valence-electron chi connectivity index (χ4n) is 2.47. The van der Waals surface area contributed by atoms with E-state index in [-0.39, 0.29) is 0 Å². The number of hydrogen-bond acceptors (Lipinski definition) is 3. The number of hydrogen-bond donors (Lipinski definition) is 1. The molecule has 0 spiro atoms. The van der Waals surface area contributed by atoms with Crippen LogP contribution in [0.15, 0.2) is 48.8 Å². The third-order valence-electron chi connectivity index (χ3n) is 3.51. The van der Waals surface area contributed by atoms with Crippen LogP contribution in [0, 0.1) is 0 Å². The van der Waals surface area contributed by atoms with Crippen molar-refractivity contribution in [1.82, 2.24) is 10.3 Å². The highest BCUT2D eigenvalue weighted by atomic mass is 32.1. The Morgan fingerprint density at radius 3 is 2.95 bits per heavy atom. The molecule has 1 atom stereocenters. The minimum atomic E-state index is 0.409. The van der Waals surface area contributed by atoms with Gasteiger partial charge in [0.05, 0.1) is 0 Å². The second-order valence-corrected chi connectivity index (χ2v) is 6.00. The maximum Gasteiger partial charge on any atom is 0.0386 e. The number of nitrogens with zero attached hydrogens (tertiary/aromatic N) is 1. The molecule has 1 unspecified atom stereocenters. The Morgan fingerprint density at radius 1 is 1.20 bits per heavy atom. The molecule has 0 aliphatic carbocycles. The summed E-state index contributed by atoms with van der Waals surface area (Å²) in [4.78, 5) is 6.95. The van der Waals surface area contributed by atoms with Gasteiger partial charge in [-0.3, -0.25) is 4.98 Å². The SMILES string of the molecule is CCNC(C)c1ccc(-c2cccc3ccncc23)s1. The second kappa shape index (κ2) is 5.73. The number of rotatable bonds is 4. The van der Waals surface area contributed by atoms with Gasteiger partial charge in [-0.2, -0.15) is 0 Å². The Kier molecular flexibility index (Phi) is 3.81. The van der Waals surface area contributed by atoms with Gasteiger partial charge in [0.25, 0.3) is 0 Å². The van der Waals surface area contributed by atoms with Crippen LogP contribution in [0.2, 0.25) is 0 Å². The van der Waals surface area contributed by atoms with E-state index in [2.05, 4.69) is 60.5 Å². The van der Waals surface area contributed by atoms with Crippen LogP contribution in [0.3, 0.4) is 0 Å². The summed E-state index contributed by atoms with van der Waals surface area (Å²) in [5, 5.41) is 5.93. The standard InChI is InChI=1S/C17H18N2S/c1-3-19-12(2)16-7-8-17(20-16)14-6-4-5-13-9-10-18-11-15(13)14/h4-12,19H,3H2,1-2H3. The lowest BCUT2D eigenvalue weighted by Crippen LogP contribution is -2.16. The Hall–Kier alpha value is -1.71. The summed E-state index contributed by atoms with van der Waals surface area (Å²) in [5.41, 5.74) is 1.27. The van der Waals surface area contributed by atoms with Crippen molar-refractivity contribution < 1.29 is 0 Å². The van der Waals surface area contributed by atoms with Gasteiger partial charge in [0.15, 0.2) is 0 Å². The average molecular weight is 282 g/mol. The number of thiophene rings is 1. The molecule has 0 aliphatic heterocycles. The van der Waals surface area contributed by atoms with Gasteiger partial charge >= 0.3 is 0 Å². The number of fused-ring (bicyclic) bond motifs is 1. The van der Waals surface area contributed by atoms with Crippen molar-refractivity contribution in [2.45, 2.75) is 19.9 Å². The molecule has 3 aromatic rings. The van der Waals surface area contributed by atoms with Gasteiger partial charge in [0.1, 0.15) is 0 Å². The molecule has 1 aromatic carbocycles. The van der Waals surface area contributed by atoms with Crippen LogP contribution in [0.4, 0.5) is 0 Å². The summed E-state index contributed by atoms with van der Waals surface area (Å²) >= 11 is 1.86. The van der Waals surface area contributed by atoms with Crippen LogP contribution in [0.25, 0.3) is 21.2 Å². The van der Waals surface area contributed by atoms with E-state index in [0.717, 1.165) is 6.54 Å². The Morgan fingerprint density at radius 2 is 2.10 bits per heavy atom. The molecule has 3 rings (SSSR count). The van der Waals surface area contributed by atoms with E-state index >= 15 is 0 Å². The van der Waals surface area contributed by atoms with Gasteiger partial charge in [-0.25, -0.2) is 0 Å². The molecule has 3 heteroatoms. The topological polar surface area (TPSA) is 24.9 Å². The first-order chi connectivity index (χ1) is 9.79. The first-order valence-electron chi connectivity index (χ1n) is 6.96. The van der Waals surface area contributed by atoms with Crippen LogP contribution in [-0.4, -0.2) is 11.5 Å². The van der Waals surface area contributed by atoms with Gasteiger partial charge in [-0.15, -0.1) is 11.3 Å². The first kappa shape index (κ1) is 13.3. The summed E-state index contributed by atoms with van der Waals surface area (Å²) in [6, 6.07) is 13.3. The number of benzene rings is 1. The molecular formula is C17H18N2S. The molecule has 0 amide bonds. The van der Waals surface area contributed by atoms with Crippen LogP contribution in [-0.2, 0) is 0 Å². The number of nitrogens with one attached hydrogen (secondary N) is 1. The summed E-state index contributed by atoms with van der Waals surface area (Å²) in [5.74, 6) is 0. The van der Waals surface area contributed by atoms with Crippen LogP contribution in [0.5, 0.6) is 0 Å². The van der Waals surface area contributed by atoms with Gasteiger partial charge < -0.3 is 5.32 Å². The number of pyridine rings is 1. The largest absolute Gasteiger partial charge is 0.310 e. The lowest BCUT2D eigenvalue weighted by molar-refractivity contribution is 0.607. The normalized spacial score (nSPS) is 12.7. The minimum Gasteiger partial charge on any atom is -0.310 e. The zero-order valence-electron chi connectivity index (χ0n) is 11.8. The predicted molar refractivity (Wildman–Crippen MR) is 87.1 cm³/mol. The van der Waals surface area contributed by atoms with E-state index in [4.69, 9.17) is 0 Å². The molecule has 0 saturated carbocycles. The van der Waals surface area contributed by atoms with Crippen LogP contribution >= 0.6 is 11.3 Å². The third-order valence-corrected chi connectivity index (χ3v) is 4.81. The van der Waals surface area contributed by atoms with Crippen molar-refractivity contribution >= 4 is 22.1 Å². The predicted octanol–water partition coefficient (Wildman–Crippen LogP) is 4.63. The van der Waals surface area contributed by atoms with Crippen molar-refractivity contribution in [3.63, 3.8) is 0 Å². The van der Waals surface area contributed by atoms with Gasteiger partial charge in [-0.1, -0.05) is 25.1 Å². The van der Waals surface area contributed by atoms with Gasteiger partial charge in [0, 0.05) is 39.1 Å². The van der Waals surface area contributed by atoms with E-state index < -0.39 is 0 Å². The molecule has 0 radical (unpaired) electrons. The summed E-state index contributed by atoms with van der Waals surface area (Å²) in [6.07, 6.45) is 3.80. The Labute approximate surface area is 123 Å². The zero-order chi connectivity index (χ0) is 13.9. The number of aromatic nitrogens is 1. The average Bonchev–Trinajstić information content (AvgIpc) is 2.97. The highest BCUT2D eigenvalue weighted by molar-refractivity contribution is 7.15. The molecule has 0 bridgehead atoms. The third kappa shape index (κ3) is 2.47. The quantitative estimate of drug-likeness (QED) is 0.754. The molecule has 20 heavy (non-hydrogen) atoms. The first-order valence-corrected chi connectivity index (χ1v) is 7.77. The Bertz CT molecular complexity index is 712. The fourth-order valence-corrected chi connectivity index (χ4v) is 3.54. The van der Waals surface area contributed by atoms with Gasteiger partial charge in [0.2, 0.25) is 0 Å². The van der Waals surface area contributed by atoms with Crippen molar-refractivity contribution in [2.24, 2.45) is 0 Å². The van der Waals surface area contributed by atoms with E-state index in [1.807, 2.05) is 23.7 Å². The van der Waals surface area contributed by atoms with Crippen LogP contribution in [0.1, 0.15) is 24.8 Å². The molecule has 1 N–H and O–H groups in total. The lowest BCUT2D eigenvalue weighted by atomic mass is 10.1. The highest BCUT2D eigenvalue weighted by Gasteiger charge is 2.10. The summed E-state index contributed by atoms with van der Waals surface area (Å²) < 4.78 is 0. The Balaban J connectivity index is 2.03. The van der Waals surface area contributed by atoms with Crippen molar-refractivity contribution in [2.75, 3.05) is 6.54 Å². The highest BCUT2D eigenvalue weighted by Crippen LogP contribution is 2.35. The molecule has 0 fully saturated rings. The molecule has 102 valence electrons. The van der Waals surface area contributed by atoms with E-state index in [1.54, 1.807) is 0 Å². The van der Waals surface area contributed by atoms with Crippen molar-refractivity contribution in [3.8, 4) is 10.4 Å². The second-order valence-electron chi connectivity index (χ2n) is 4.88. The lowest BCUT2D eigenvalue weighted by Gasteiger charge is -2.09. The van der Waals surface area contributed by atoms with E-state index in [9.17, 15) is 0 Å². The van der Waals surface area contributed by atoms with E-state index in [1.165, 1.54) is 26.1 Å². The molecule has 2 nitrogen and oxygen atoms in total. The summed E-state index contributed by atoms with van der Waals surface area (Å²) in [7, 11) is 0. The van der Waals surface area contributed by atoms with Crippen molar-refractivity contribution in [1.29, 1.82) is 0 Å². The van der Waals surface area contributed by atoms with Gasteiger partial charge in [-0.05, 0) is 37.1 Å². The zero-order valence-corrected chi connectivity index (χ0v) is 12.6. The maximum absolute atomic E-state index is 4.26. The molecule has 0 aliphatic rings. The molecule has 0 saturated heterocycles.